The van der Waals surface area contributed by atoms with Crippen LogP contribution >= 0.6 is 22.9 Å². The van der Waals surface area contributed by atoms with E-state index in [2.05, 4.69) is 9.88 Å². The number of hydrogen-bond acceptors (Lipinski definition) is 3. The third-order valence-electron chi connectivity index (χ3n) is 5.99. The van der Waals surface area contributed by atoms with E-state index in [4.69, 9.17) is 16.6 Å². The summed E-state index contributed by atoms with van der Waals surface area (Å²) in [6.07, 6.45) is 2.43. The summed E-state index contributed by atoms with van der Waals surface area (Å²) in [6, 6.07) is 15.8. The molecule has 4 aromatic rings. The molecule has 168 valence electrons. The van der Waals surface area contributed by atoms with Gasteiger partial charge in [0.05, 0.1) is 22.0 Å². The lowest BCUT2D eigenvalue weighted by Gasteiger charge is -2.10. The fourth-order valence-electron chi connectivity index (χ4n) is 3.91. The molecule has 4 nitrogen and oxygen atoms in total. The maximum Gasteiger partial charge on any atom is 0.253 e. The predicted molar refractivity (Wildman–Crippen MR) is 131 cm³/mol. The highest BCUT2D eigenvalue weighted by molar-refractivity contribution is 7.13. The largest absolute Gasteiger partial charge is 0.348 e. The third-order valence-corrected chi connectivity index (χ3v) is 7.19. The number of hydrogen-bond donors (Lipinski definition) is 1. The Morgan fingerprint density at radius 3 is 2.70 bits per heavy atom. The zero-order chi connectivity index (χ0) is 22.9. The molecule has 1 fully saturated rings. The van der Waals surface area contributed by atoms with Gasteiger partial charge < -0.3 is 9.88 Å². The van der Waals surface area contributed by atoms with Crippen LogP contribution in [0, 0.1) is 18.7 Å². The van der Waals surface area contributed by atoms with E-state index in [1.54, 1.807) is 23.5 Å². The number of aromatic nitrogens is 2. The highest BCUT2D eigenvalue weighted by Crippen LogP contribution is 2.37. The minimum atomic E-state index is -0.290. The lowest BCUT2D eigenvalue weighted by Crippen LogP contribution is -2.23. The van der Waals surface area contributed by atoms with Crippen LogP contribution in [-0.4, -0.2) is 15.5 Å². The van der Waals surface area contributed by atoms with Crippen molar-refractivity contribution in [1.29, 1.82) is 0 Å². The summed E-state index contributed by atoms with van der Waals surface area (Å²) >= 11 is 7.92. The maximum atomic E-state index is 13.2. The van der Waals surface area contributed by atoms with Gasteiger partial charge in [0.25, 0.3) is 5.91 Å². The Hall–Kier alpha value is -2.96. The Balaban J connectivity index is 1.44. The minimum absolute atomic E-state index is 0.144. The number of amides is 1. The van der Waals surface area contributed by atoms with E-state index in [1.807, 2.05) is 42.6 Å². The van der Waals surface area contributed by atoms with Crippen molar-refractivity contribution >= 4 is 28.8 Å². The number of thiazole rings is 1. The molecule has 1 amide bonds. The molecule has 2 aromatic carbocycles. The number of halogens is 2. The normalized spacial score (nSPS) is 13.3. The Labute approximate surface area is 201 Å². The predicted octanol–water partition coefficient (Wildman–Crippen LogP) is 6.72. The van der Waals surface area contributed by atoms with Crippen LogP contribution in [-0.2, 0) is 13.1 Å². The summed E-state index contributed by atoms with van der Waals surface area (Å²) in [4.78, 5) is 17.9. The van der Waals surface area contributed by atoms with E-state index < -0.39 is 0 Å². The lowest BCUT2D eigenvalue weighted by atomic mass is 10.2. The average Bonchev–Trinajstić information content (AvgIpc) is 3.40. The highest BCUT2D eigenvalue weighted by atomic mass is 35.5. The van der Waals surface area contributed by atoms with E-state index in [9.17, 15) is 9.18 Å². The monoisotopic (exact) mass is 479 g/mol. The molecule has 0 aliphatic heterocycles. The molecule has 7 heteroatoms. The second-order valence-electron chi connectivity index (χ2n) is 8.41. The SMILES string of the molecule is Cc1c(C(=O)NCc2ccc(F)cc2)cc(-c2csc(-c3ccccc3Cl)n2)n1CC1CC1. The Kier molecular flexibility index (Phi) is 6.04. The molecule has 5 rings (SSSR count). The molecule has 33 heavy (non-hydrogen) atoms. The number of benzene rings is 2. The molecular weight excluding hydrogens is 457 g/mol. The van der Waals surface area contributed by atoms with E-state index in [0.717, 1.165) is 39.8 Å². The zero-order valence-corrected chi connectivity index (χ0v) is 19.7. The van der Waals surface area contributed by atoms with E-state index in [-0.39, 0.29) is 11.7 Å². The van der Waals surface area contributed by atoms with Crippen molar-refractivity contribution in [1.82, 2.24) is 14.9 Å². The number of nitrogens with zero attached hydrogens (tertiary/aromatic N) is 2. The van der Waals surface area contributed by atoms with E-state index >= 15 is 0 Å². The van der Waals surface area contributed by atoms with Gasteiger partial charge in [-0.05, 0) is 55.5 Å². The standard InChI is InChI=1S/C26H23ClFN3OS/c1-16-21(25(32)29-13-17-8-10-19(28)11-9-17)12-24(31(16)14-18-6-7-18)23-15-33-26(30-23)20-4-2-3-5-22(20)27/h2-5,8-12,15,18H,6-7,13-14H2,1H3,(H,29,32). The summed E-state index contributed by atoms with van der Waals surface area (Å²) in [5.74, 6) is 0.211. The number of carbonyl (C=O) groups excluding carboxylic acids is 1. The maximum absolute atomic E-state index is 13.2. The first-order valence-electron chi connectivity index (χ1n) is 10.9. The molecule has 1 aliphatic carbocycles. The molecular formula is C26H23ClFN3OS. The second-order valence-corrected chi connectivity index (χ2v) is 9.67. The van der Waals surface area contributed by atoms with Crippen LogP contribution in [0.15, 0.2) is 60.0 Å². The van der Waals surface area contributed by atoms with Crippen molar-refractivity contribution in [3.63, 3.8) is 0 Å². The summed E-state index contributed by atoms with van der Waals surface area (Å²) in [6.45, 7) is 3.21. The van der Waals surface area contributed by atoms with Crippen molar-refractivity contribution in [3.8, 4) is 22.0 Å². The van der Waals surface area contributed by atoms with Crippen molar-refractivity contribution in [2.45, 2.75) is 32.9 Å². The first-order valence-corrected chi connectivity index (χ1v) is 12.2. The Morgan fingerprint density at radius 1 is 1.21 bits per heavy atom. The van der Waals surface area contributed by atoms with Gasteiger partial charge in [0.1, 0.15) is 10.8 Å². The molecule has 0 bridgehead atoms. The molecule has 0 radical (unpaired) electrons. The smallest absolute Gasteiger partial charge is 0.253 e. The topological polar surface area (TPSA) is 46.9 Å². The first kappa shape index (κ1) is 21.9. The van der Waals surface area contributed by atoms with Crippen LogP contribution in [0.4, 0.5) is 4.39 Å². The quantitative estimate of drug-likeness (QED) is 0.320. The minimum Gasteiger partial charge on any atom is -0.348 e. The van der Waals surface area contributed by atoms with Crippen molar-refractivity contribution in [2.24, 2.45) is 5.92 Å². The fraction of sp³-hybridized carbons (Fsp3) is 0.231. The van der Waals surface area contributed by atoms with Crippen LogP contribution in [0.3, 0.4) is 0 Å². The molecule has 0 unspecified atom stereocenters. The Morgan fingerprint density at radius 2 is 1.97 bits per heavy atom. The van der Waals surface area contributed by atoms with Gasteiger partial charge in [-0.15, -0.1) is 11.3 Å². The molecule has 2 aromatic heterocycles. The van der Waals surface area contributed by atoms with Gasteiger partial charge in [-0.1, -0.05) is 41.9 Å². The van der Waals surface area contributed by atoms with Gasteiger partial charge in [0.2, 0.25) is 0 Å². The molecule has 0 spiro atoms. The number of rotatable bonds is 7. The highest BCUT2D eigenvalue weighted by Gasteiger charge is 2.27. The van der Waals surface area contributed by atoms with Gasteiger partial charge >= 0.3 is 0 Å². The van der Waals surface area contributed by atoms with Crippen LogP contribution < -0.4 is 5.32 Å². The van der Waals surface area contributed by atoms with Gasteiger partial charge in [-0.25, -0.2) is 9.37 Å². The number of carbonyl (C=O) groups is 1. The molecule has 1 N–H and O–H groups in total. The second kappa shape index (κ2) is 9.12. The molecule has 1 saturated carbocycles. The number of nitrogens with one attached hydrogen (secondary N) is 1. The lowest BCUT2D eigenvalue weighted by molar-refractivity contribution is 0.0950. The van der Waals surface area contributed by atoms with Crippen LogP contribution in [0.5, 0.6) is 0 Å². The van der Waals surface area contributed by atoms with Crippen molar-refractivity contribution < 1.29 is 9.18 Å². The Bertz CT molecular complexity index is 1310. The average molecular weight is 480 g/mol. The van der Waals surface area contributed by atoms with Gasteiger partial charge in [0, 0.05) is 29.7 Å². The summed E-state index contributed by atoms with van der Waals surface area (Å²) in [5.41, 5.74) is 5.12. The van der Waals surface area contributed by atoms with Gasteiger partial charge in [-0.2, -0.15) is 0 Å². The third kappa shape index (κ3) is 4.72. The fourth-order valence-corrected chi connectivity index (χ4v) is 5.04. The molecule has 0 saturated heterocycles. The van der Waals surface area contributed by atoms with Gasteiger partial charge in [-0.3, -0.25) is 4.79 Å². The van der Waals surface area contributed by atoms with Crippen LogP contribution in [0.2, 0.25) is 5.02 Å². The summed E-state index contributed by atoms with van der Waals surface area (Å²) in [7, 11) is 0. The first-order chi connectivity index (χ1) is 16.0. The molecule has 2 heterocycles. The summed E-state index contributed by atoms with van der Waals surface area (Å²) in [5, 5.41) is 6.52. The summed E-state index contributed by atoms with van der Waals surface area (Å²) < 4.78 is 15.4. The van der Waals surface area contributed by atoms with Gasteiger partial charge in [0.15, 0.2) is 0 Å². The molecule has 1 aliphatic rings. The van der Waals surface area contributed by atoms with E-state index in [0.29, 0.717) is 23.0 Å². The van der Waals surface area contributed by atoms with E-state index in [1.165, 1.54) is 25.0 Å². The zero-order valence-electron chi connectivity index (χ0n) is 18.1. The van der Waals surface area contributed by atoms with Crippen LogP contribution in [0.1, 0.15) is 34.5 Å². The molecule has 0 atom stereocenters. The van der Waals surface area contributed by atoms with Crippen LogP contribution in [0.25, 0.3) is 22.0 Å². The van der Waals surface area contributed by atoms with Crippen molar-refractivity contribution in [2.75, 3.05) is 0 Å². The van der Waals surface area contributed by atoms with Crippen molar-refractivity contribution in [3.05, 3.63) is 87.6 Å².